The standard InChI is InChI=1S/C15H30N2S/c1-13-9-14(2,3)11-15(10-13,12-16)17-5-4-7-18-8-6-17/h13H,4-12,16H2,1-3H3. The van der Waals surface area contributed by atoms with E-state index < -0.39 is 0 Å². The molecule has 18 heavy (non-hydrogen) atoms. The van der Waals surface area contributed by atoms with Crippen LogP contribution in [0, 0.1) is 11.3 Å². The summed E-state index contributed by atoms with van der Waals surface area (Å²) < 4.78 is 0. The normalized spacial score (nSPS) is 38.3. The van der Waals surface area contributed by atoms with Crippen LogP contribution in [0.4, 0.5) is 0 Å². The highest BCUT2D eigenvalue weighted by Gasteiger charge is 2.45. The van der Waals surface area contributed by atoms with E-state index in [0.717, 1.165) is 12.5 Å². The molecule has 1 heterocycles. The van der Waals surface area contributed by atoms with Gasteiger partial charge in [0.25, 0.3) is 0 Å². The molecule has 0 radical (unpaired) electrons. The van der Waals surface area contributed by atoms with Gasteiger partial charge in [0.05, 0.1) is 0 Å². The minimum absolute atomic E-state index is 0.284. The van der Waals surface area contributed by atoms with Crippen molar-refractivity contribution in [3.05, 3.63) is 0 Å². The van der Waals surface area contributed by atoms with Crippen LogP contribution in [0.25, 0.3) is 0 Å². The van der Waals surface area contributed by atoms with Gasteiger partial charge in [-0.05, 0) is 49.3 Å². The van der Waals surface area contributed by atoms with Crippen molar-refractivity contribution in [3.8, 4) is 0 Å². The Kier molecular flexibility index (Phi) is 4.66. The summed E-state index contributed by atoms with van der Waals surface area (Å²) in [5, 5.41) is 0. The lowest BCUT2D eigenvalue weighted by molar-refractivity contribution is -0.00745. The third-order valence-corrected chi connectivity index (χ3v) is 5.76. The first kappa shape index (κ1) is 14.7. The van der Waals surface area contributed by atoms with Crippen LogP contribution in [0.15, 0.2) is 0 Å². The molecule has 2 aliphatic rings. The zero-order valence-corrected chi connectivity index (χ0v) is 13.2. The molecular formula is C15H30N2S. The maximum atomic E-state index is 6.25. The molecule has 106 valence electrons. The Labute approximate surface area is 117 Å². The largest absolute Gasteiger partial charge is 0.329 e. The molecule has 0 aromatic rings. The molecule has 2 atom stereocenters. The van der Waals surface area contributed by atoms with E-state index in [-0.39, 0.29) is 5.54 Å². The van der Waals surface area contributed by atoms with Gasteiger partial charge in [-0.3, -0.25) is 4.90 Å². The predicted molar refractivity (Wildman–Crippen MR) is 82.1 cm³/mol. The van der Waals surface area contributed by atoms with Crippen molar-refractivity contribution in [2.24, 2.45) is 17.1 Å². The van der Waals surface area contributed by atoms with Crippen molar-refractivity contribution in [3.63, 3.8) is 0 Å². The van der Waals surface area contributed by atoms with Crippen LogP contribution in [0.3, 0.4) is 0 Å². The smallest absolute Gasteiger partial charge is 0.0339 e. The van der Waals surface area contributed by atoms with E-state index in [9.17, 15) is 0 Å². The number of nitrogens with zero attached hydrogens (tertiary/aromatic N) is 1. The summed E-state index contributed by atoms with van der Waals surface area (Å²) in [5.41, 5.74) is 6.99. The van der Waals surface area contributed by atoms with Crippen LogP contribution in [-0.4, -0.2) is 41.6 Å². The van der Waals surface area contributed by atoms with Crippen molar-refractivity contribution in [2.45, 2.75) is 52.0 Å². The van der Waals surface area contributed by atoms with Crippen LogP contribution in [-0.2, 0) is 0 Å². The Morgan fingerprint density at radius 2 is 2.00 bits per heavy atom. The Morgan fingerprint density at radius 1 is 1.22 bits per heavy atom. The molecule has 0 spiro atoms. The molecule has 0 aromatic carbocycles. The minimum atomic E-state index is 0.284. The first-order valence-electron chi connectivity index (χ1n) is 7.50. The van der Waals surface area contributed by atoms with Crippen molar-refractivity contribution < 1.29 is 0 Å². The second kappa shape index (κ2) is 5.72. The zero-order chi connectivity index (χ0) is 13.2. The lowest BCUT2D eigenvalue weighted by Crippen LogP contribution is -2.59. The van der Waals surface area contributed by atoms with E-state index in [2.05, 4.69) is 37.4 Å². The summed E-state index contributed by atoms with van der Waals surface area (Å²) in [5.74, 6) is 3.43. The molecule has 2 N–H and O–H groups in total. The maximum absolute atomic E-state index is 6.25. The Bertz CT molecular complexity index is 272. The van der Waals surface area contributed by atoms with Gasteiger partial charge in [0.2, 0.25) is 0 Å². The molecule has 2 fully saturated rings. The molecule has 2 rings (SSSR count). The van der Waals surface area contributed by atoms with Crippen LogP contribution >= 0.6 is 11.8 Å². The molecule has 1 aliphatic heterocycles. The fourth-order valence-electron chi connectivity index (χ4n) is 4.45. The van der Waals surface area contributed by atoms with E-state index in [0.29, 0.717) is 5.41 Å². The van der Waals surface area contributed by atoms with Crippen LogP contribution < -0.4 is 5.73 Å². The molecule has 0 aromatic heterocycles. The average Bonchev–Trinajstić information content (AvgIpc) is 2.54. The maximum Gasteiger partial charge on any atom is 0.0339 e. The van der Waals surface area contributed by atoms with Gasteiger partial charge >= 0.3 is 0 Å². The van der Waals surface area contributed by atoms with Gasteiger partial charge in [-0.15, -0.1) is 0 Å². The SMILES string of the molecule is CC1CC(C)(C)CC(CN)(N2CCCSCC2)C1. The number of rotatable bonds is 2. The number of nitrogens with two attached hydrogens (primary N) is 1. The summed E-state index contributed by atoms with van der Waals surface area (Å²) in [6.07, 6.45) is 5.28. The lowest BCUT2D eigenvalue weighted by Gasteiger charge is -2.53. The zero-order valence-electron chi connectivity index (χ0n) is 12.4. The van der Waals surface area contributed by atoms with Gasteiger partial charge in [0.15, 0.2) is 0 Å². The first-order valence-corrected chi connectivity index (χ1v) is 8.66. The van der Waals surface area contributed by atoms with Gasteiger partial charge in [0, 0.05) is 24.4 Å². The van der Waals surface area contributed by atoms with Gasteiger partial charge in [-0.2, -0.15) is 11.8 Å². The molecule has 2 unspecified atom stereocenters. The molecule has 0 bridgehead atoms. The first-order chi connectivity index (χ1) is 8.47. The third-order valence-electron chi connectivity index (χ3n) is 4.71. The lowest BCUT2D eigenvalue weighted by atomic mass is 9.63. The molecular weight excluding hydrogens is 240 g/mol. The van der Waals surface area contributed by atoms with E-state index >= 15 is 0 Å². The molecule has 3 heteroatoms. The molecule has 1 saturated carbocycles. The monoisotopic (exact) mass is 270 g/mol. The topological polar surface area (TPSA) is 29.3 Å². The van der Waals surface area contributed by atoms with Gasteiger partial charge in [0.1, 0.15) is 0 Å². The summed E-state index contributed by atoms with van der Waals surface area (Å²) in [6, 6.07) is 0. The van der Waals surface area contributed by atoms with E-state index in [1.807, 2.05) is 0 Å². The van der Waals surface area contributed by atoms with Crippen molar-refractivity contribution in [1.82, 2.24) is 4.90 Å². The van der Waals surface area contributed by atoms with Crippen molar-refractivity contribution in [2.75, 3.05) is 31.1 Å². The summed E-state index contributed by atoms with van der Waals surface area (Å²) in [7, 11) is 0. The Balaban J connectivity index is 2.17. The van der Waals surface area contributed by atoms with Gasteiger partial charge < -0.3 is 5.73 Å². The Hall–Kier alpha value is 0.270. The fraction of sp³-hybridized carbons (Fsp3) is 1.00. The highest BCUT2D eigenvalue weighted by molar-refractivity contribution is 7.99. The second-order valence-corrected chi connectivity index (χ2v) is 8.46. The van der Waals surface area contributed by atoms with Gasteiger partial charge in [-0.1, -0.05) is 20.8 Å². The predicted octanol–water partition coefficient (Wildman–Crippen LogP) is 2.97. The Morgan fingerprint density at radius 3 is 2.67 bits per heavy atom. The second-order valence-electron chi connectivity index (χ2n) is 7.24. The van der Waals surface area contributed by atoms with Crippen molar-refractivity contribution in [1.29, 1.82) is 0 Å². The minimum Gasteiger partial charge on any atom is -0.329 e. The highest BCUT2D eigenvalue weighted by atomic mass is 32.2. The van der Waals surface area contributed by atoms with Crippen molar-refractivity contribution >= 4 is 11.8 Å². The third kappa shape index (κ3) is 3.23. The van der Waals surface area contributed by atoms with E-state index in [1.165, 1.54) is 50.3 Å². The van der Waals surface area contributed by atoms with E-state index in [1.54, 1.807) is 0 Å². The number of hydrogen-bond acceptors (Lipinski definition) is 3. The average molecular weight is 270 g/mol. The van der Waals surface area contributed by atoms with Crippen LogP contribution in [0.1, 0.15) is 46.5 Å². The number of hydrogen-bond donors (Lipinski definition) is 1. The summed E-state index contributed by atoms with van der Waals surface area (Å²) in [4.78, 5) is 2.74. The molecule has 1 aliphatic carbocycles. The highest BCUT2D eigenvalue weighted by Crippen LogP contribution is 2.46. The molecule has 2 nitrogen and oxygen atoms in total. The summed E-state index contributed by atoms with van der Waals surface area (Å²) >= 11 is 2.11. The summed E-state index contributed by atoms with van der Waals surface area (Å²) in [6.45, 7) is 10.6. The fourth-order valence-corrected chi connectivity index (χ4v) is 5.33. The van der Waals surface area contributed by atoms with Crippen LogP contribution in [0.5, 0.6) is 0 Å². The quantitative estimate of drug-likeness (QED) is 0.836. The van der Waals surface area contributed by atoms with Gasteiger partial charge in [-0.25, -0.2) is 0 Å². The number of thioether (sulfide) groups is 1. The molecule has 1 saturated heterocycles. The van der Waals surface area contributed by atoms with E-state index in [4.69, 9.17) is 5.73 Å². The molecule has 0 amide bonds. The van der Waals surface area contributed by atoms with Crippen LogP contribution in [0.2, 0.25) is 0 Å².